The minimum Gasteiger partial charge on any atom is -0.351 e. The van der Waals surface area contributed by atoms with E-state index < -0.39 is 0 Å². The van der Waals surface area contributed by atoms with Gasteiger partial charge in [-0.2, -0.15) is 0 Å². The van der Waals surface area contributed by atoms with Gasteiger partial charge in [0.15, 0.2) is 0 Å². The molecule has 0 atom stereocenters. The lowest BCUT2D eigenvalue weighted by Crippen LogP contribution is -2.29. The van der Waals surface area contributed by atoms with E-state index >= 15 is 0 Å². The Kier molecular flexibility index (Phi) is 5.38. The summed E-state index contributed by atoms with van der Waals surface area (Å²) in [5.41, 5.74) is 3.53. The van der Waals surface area contributed by atoms with Crippen molar-refractivity contribution < 1.29 is 9.59 Å². The van der Waals surface area contributed by atoms with Gasteiger partial charge in [0.1, 0.15) is 5.69 Å². The summed E-state index contributed by atoms with van der Waals surface area (Å²) >= 11 is 0. The second-order valence-corrected chi connectivity index (χ2v) is 8.24. The Morgan fingerprint density at radius 1 is 1.07 bits per heavy atom. The van der Waals surface area contributed by atoms with Gasteiger partial charge < -0.3 is 15.2 Å². The first kappa shape index (κ1) is 19.2. The fourth-order valence-electron chi connectivity index (χ4n) is 3.45. The van der Waals surface area contributed by atoms with E-state index in [1.54, 1.807) is 0 Å². The quantitative estimate of drug-likeness (QED) is 0.628. The summed E-state index contributed by atoms with van der Waals surface area (Å²) in [6, 6.07) is 17.9. The number of anilines is 1. The van der Waals surface area contributed by atoms with Crippen LogP contribution in [0.3, 0.4) is 0 Å². The van der Waals surface area contributed by atoms with Gasteiger partial charge in [-0.05, 0) is 48.6 Å². The maximum absolute atomic E-state index is 12.9. The fraction of sp³-hybridized carbons (Fsp3) is 0.333. The van der Waals surface area contributed by atoms with Gasteiger partial charge in [0.2, 0.25) is 5.91 Å². The molecule has 0 radical (unpaired) electrons. The molecule has 3 aromatic rings. The number of carbonyl (C=O) groups is 2. The zero-order chi connectivity index (χ0) is 20.4. The molecule has 1 aliphatic carbocycles. The SMILES string of the molecule is CC(C)CNC(=O)c1cc2cc(NC(=O)C3CC3)ccc2n1Cc1ccccc1. The number of hydrogen-bond acceptors (Lipinski definition) is 2. The van der Waals surface area contributed by atoms with Gasteiger partial charge in [-0.25, -0.2) is 0 Å². The van der Waals surface area contributed by atoms with Gasteiger partial charge in [-0.1, -0.05) is 44.2 Å². The number of nitrogens with one attached hydrogen (secondary N) is 2. The monoisotopic (exact) mass is 389 g/mol. The van der Waals surface area contributed by atoms with Crippen LogP contribution in [0.4, 0.5) is 5.69 Å². The second kappa shape index (κ2) is 8.11. The van der Waals surface area contributed by atoms with Gasteiger partial charge in [0.05, 0.1) is 0 Å². The third-order valence-electron chi connectivity index (χ3n) is 5.20. The van der Waals surface area contributed by atoms with Crippen molar-refractivity contribution in [2.75, 3.05) is 11.9 Å². The highest BCUT2D eigenvalue weighted by Crippen LogP contribution is 2.31. The van der Waals surface area contributed by atoms with Crippen molar-refractivity contribution in [2.45, 2.75) is 33.2 Å². The highest BCUT2D eigenvalue weighted by atomic mass is 16.2. The van der Waals surface area contributed by atoms with Crippen molar-refractivity contribution in [3.05, 3.63) is 65.9 Å². The van der Waals surface area contributed by atoms with Crippen molar-refractivity contribution in [3.63, 3.8) is 0 Å². The summed E-state index contributed by atoms with van der Waals surface area (Å²) in [5.74, 6) is 0.554. The van der Waals surface area contributed by atoms with Crippen molar-refractivity contribution in [1.82, 2.24) is 9.88 Å². The number of rotatable bonds is 7. The lowest BCUT2D eigenvalue weighted by molar-refractivity contribution is -0.117. The van der Waals surface area contributed by atoms with E-state index in [4.69, 9.17) is 0 Å². The summed E-state index contributed by atoms with van der Waals surface area (Å²) in [4.78, 5) is 25.0. The highest BCUT2D eigenvalue weighted by Gasteiger charge is 2.29. The van der Waals surface area contributed by atoms with Gasteiger partial charge in [-0.3, -0.25) is 9.59 Å². The number of carbonyl (C=O) groups excluding carboxylic acids is 2. The molecule has 29 heavy (non-hydrogen) atoms. The van der Waals surface area contributed by atoms with Crippen LogP contribution in [0.25, 0.3) is 10.9 Å². The van der Waals surface area contributed by atoms with Crippen molar-refractivity contribution in [2.24, 2.45) is 11.8 Å². The van der Waals surface area contributed by atoms with E-state index in [0.717, 1.165) is 35.0 Å². The summed E-state index contributed by atoms with van der Waals surface area (Å²) in [6.07, 6.45) is 1.95. The molecule has 1 heterocycles. The number of amides is 2. The molecule has 5 heteroatoms. The molecule has 0 spiro atoms. The maximum atomic E-state index is 12.9. The molecule has 0 aliphatic heterocycles. The van der Waals surface area contributed by atoms with Crippen LogP contribution < -0.4 is 10.6 Å². The maximum Gasteiger partial charge on any atom is 0.267 e. The predicted molar refractivity (Wildman–Crippen MR) is 116 cm³/mol. The van der Waals surface area contributed by atoms with Gasteiger partial charge >= 0.3 is 0 Å². The van der Waals surface area contributed by atoms with Gasteiger partial charge in [0.25, 0.3) is 5.91 Å². The van der Waals surface area contributed by atoms with Crippen LogP contribution in [0.2, 0.25) is 0 Å². The molecule has 150 valence electrons. The number of fused-ring (bicyclic) bond motifs is 1. The minimum absolute atomic E-state index is 0.0746. The molecule has 2 aromatic carbocycles. The van der Waals surface area contributed by atoms with E-state index in [-0.39, 0.29) is 17.7 Å². The molecule has 1 aliphatic rings. The van der Waals surface area contributed by atoms with Crippen LogP contribution in [0.15, 0.2) is 54.6 Å². The highest BCUT2D eigenvalue weighted by molar-refractivity contribution is 6.01. The normalized spacial score (nSPS) is 13.6. The predicted octanol–water partition coefficient (Wildman–Crippen LogP) is 4.42. The number of benzene rings is 2. The van der Waals surface area contributed by atoms with E-state index in [1.807, 2.05) is 47.0 Å². The summed E-state index contributed by atoms with van der Waals surface area (Å²) in [7, 11) is 0. The third-order valence-corrected chi connectivity index (χ3v) is 5.20. The first-order valence-electron chi connectivity index (χ1n) is 10.3. The average Bonchev–Trinajstić information content (AvgIpc) is 3.50. The molecule has 0 saturated heterocycles. The zero-order valence-corrected chi connectivity index (χ0v) is 16.9. The standard InChI is InChI=1S/C24H27N3O2/c1-16(2)14-25-24(29)22-13-19-12-20(26-23(28)18-8-9-18)10-11-21(19)27(22)15-17-6-4-3-5-7-17/h3-7,10-13,16,18H,8-9,14-15H2,1-2H3,(H,25,29)(H,26,28). The Balaban J connectivity index is 1.68. The Morgan fingerprint density at radius 3 is 2.52 bits per heavy atom. The van der Waals surface area contributed by atoms with Crippen LogP contribution in [0.5, 0.6) is 0 Å². The Hall–Kier alpha value is -3.08. The van der Waals surface area contributed by atoms with E-state index in [9.17, 15) is 9.59 Å². The van der Waals surface area contributed by atoms with E-state index in [1.165, 1.54) is 0 Å². The molecular formula is C24H27N3O2. The molecule has 4 rings (SSSR count). The molecule has 2 amide bonds. The first-order chi connectivity index (χ1) is 14.0. The average molecular weight is 389 g/mol. The third kappa shape index (κ3) is 4.50. The van der Waals surface area contributed by atoms with Gasteiger partial charge in [0, 0.05) is 35.6 Å². The van der Waals surface area contributed by atoms with Crippen molar-refractivity contribution in [3.8, 4) is 0 Å². The Bertz CT molecular complexity index is 1030. The van der Waals surface area contributed by atoms with Crippen molar-refractivity contribution >= 4 is 28.4 Å². The van der Waals surface area contributed by atoms with Crippen molar-refractivity contribution in [1.29, 1.82) is 0 Å². The van der Waals surface area contributed by atoms with Crippen LogP contribution in [0, 0.1) is 11.8 Å². The second-order valence-electron chi connectivity index (χ2n) is 8.24. The Morgan fingerprint density at radius 2 is 1.83 bits per heavy atom. The van der Waals surface area contributed by atoms with Crippen LogP contribution in [-0.4, -0.2) is 22.9 Å². The molecule has 2 N–H and O–H groups in total. The minimum atomic E-state index is -0.0746. The molecule has 1 aromatic heterocycles. The smallest absolute Gasteiger partial charge is 0.267 e. The van der Waals surface area contributed by atoms with Gasteiger partial charge in [-0.15, -0.1) is 0 Å². The lowest BCUT2D eigenvalue weighted by Gasteiger charge is -2.12. The fourth-order valence-corrected chi connectivity index (χ4v) is 3.45. The largest absolute Gasteiger partial charge is 0.351 e. The number of hydrogen-bond donors (Lipinski definition) is 2. The molecule has 0 bridgehead atoms. The molecule has 0 unspecified atom stereocenters. The first-order valence-corrected chi connectivity index (χ1v) is 10.3. The van der Waals surface area contributed by atoms with E-state index in [2.05, 4.69) is 36.6 Å². The van der Waals surface area contributed by atoms with Crippen LogP contribution in [-0.2, 0) is 11.3 Å². The number of nitrogens with zero attached hydrogens (tertiary/aromatic N) is 1. The molecular weight excluding hydrogens is 362 g/mol. The molecule has 1 fully saturated rings. The van der Waals surface area contributed by atoms with E-state index in [0.29, 0.717) is 24.7 Å². The summed E-state index contributed by atoms with van der Waals surface area (Å²) < 4.78 is 2.05. The molecule has 1 saturated carbocycles. The number of aromatic nitrogens is 1. The topological polar surface area (TPSA) is 63.1 Å². The van der Waals surface area contributed by atoms with Crippen LogP contribution >= 0.6 is 0 Å². The summed E-state index contributed by atoms with van der Waals surface area (Å²) in [6.45, 7) is 5.40. The summed E-state index contributed by atoms with van der Waals surface area (Å²) in [5, 5.41) is 6.97. The molecule has 5 nitrogen and oxygen atoms in total. The van der Waals surface area contributed by atoms with Crippen LogP contribution in [0.1, 0.15) is 42.7 Å². The Labute approximate surface area is 171 Å². The zero-order valence-electron chi connectivity index (χ0n) is 16.9. The lowest BCUT2D eigenvalue weighted by atomic mass is 10.2.